The molecule has 0 spiro atoms. The fourth-order valence-corrected chi connectivity index (χ4v) is 2.11. The van der Waals surface area contributed by atoms with Crippen molar-refractivity contribution in [3.05, 3.63) is 59.4 Å². The second-order valence-corrected chi connectivity index (χ2v) is 4.63. The highest BCUT2D eigenvalue weighted by molar-refractivity contribution is 5.48. The van der Waals surface area contributed by atoms with Gasteiger partial charge in [-0.15, -0.1) is 0 Å². The second-order valence-electron chi connectivity index (χ2n) is 4.63. The number of hydrogen-bond donors (Lipinski definition) is 1. The Hall–Kier alpha value is -2.17. The zero-order valence-corrected chi connectivity index (χ0v) is 11.8. The summed E-state index contributed by atoms with van der Waals surface area (Å²) in [5, 5.41) is 2.84. The second kappa shape index (κ2) is 6.52. The summed E-state index contributed by atoms with van der Waals surface area (Å²) < 4.78 is 45.2. The van der Waals surface area contributed by atoms with E-state index in [2.05, 4.69) is 5.32 Å². The van der Waals surface area contributed by atoms with E-state index in [1.54, 1.807) is 19.2 Å². The number of ether oxygens (including phenoxy) is 1. The summed E-state index contributed by atoms with van der Waals surface area (Å²) in [6.07, 6.45) is 0.629. The van der Waals surface area contributed by atoms with Gasteiger partial charge in [0.15, 0.2) is 11.6 Å². The van der Waals surface area contributed by atoms with Crippen LogP contribution in [0.4, 0.5) is 18.9 Å². The lowest BCUT2D eigenvalue weighted by Gasteiger charge is -2.19. The molecule has 0 heterocycles. The number of nitrogens with one attached hydrogen (secondary N) is 1. The van der Waals surface area contributed by atoms with E-state index < -0.39 is 17.5 Å². The maximum absolute atomic E-state index is 13.7. The summed E-state index contributed by atoms with van der Waals surface area (Å²) in [7, 11) is 1.56. The summed E-state index contributed by atoms with van der Waals surface area (Å²) in [6, 6.07) is 8.43. The summed E-state index contributed by atoms with van der Waals surface area (Å²) in [5.74, 6) is -2.40. The topological polar surface area (TPSA) is 21.3 Å². The number of hydrogen-bond acceptors (Lipinski definition) is 2. The first-order chi connectivity index (χ1) is 10.0. The molecule has 1 atom stereocenters. The quantitative estimate of drug-likeness (QED) is 0.809. The highest BCUT2D eigenvalue weighted by Crippen LogP contribution is 2.27. The largest absolute Gasteiger partial charge is 0.497 e. The molecule has 0 radical (unpaired) electrons. The maximum Gasteiger partial charge on any atom is 0.182 e. The normalized spacial score (nSPS) is 12.0. The van der Waals surface area contributed by atoms with Crippen molar-refractivity contribution < 1.29 is 17.9 Å². The van der Waals surface area contributed by atoms with Crippen molar-refractivity contribution in [2.45, 2.75) is 19.4 Å². The van der Waals surface area contributed by atoms with Gasteiger partial charge < -0.3 is 10.1 Å². The molecule has 0 saturated heterocycles. The van der Waals surface area contributed by atoms with E-state index in [4.69, 9.17) is 4.74 Å². The predicted octanol–water partition coefficient (Wildman–Crippen LogP) is 4.68. The minimum Gasteiger partial charge on any atom is -0.497 e. The van der Waals surface area contributed by atoms with Gasteiger partial charge in [-0.25, -0.2) is 13.2 Å². The van der Waals surface area contributed by atoms with Crippen molar-refractivity contribution in [3.8, 4) is 5.75 Å². The number of rotatable bonds is 5. The zero-order chi connectivity index (χ0) is 15.4. The summed E-state index contributed by atoms with van der Waals surface area (Å²) in [6.45, 7) is 1.90. The summed E-state index contributed by atoms with van der Waals surface area (Å²) >= 11 is 0. The van der Waals surface area contributed by atoms with E-state index in [0.29, 0.717) is 18.2 Å². The lowest BCUT2D eigenvalue weighted by Crippen LogP contribution is -2.11. The molecule has 0 aliphatic rings. The predicted molar refractivity (Wildman–Crippen MR) is 76.0 cm³/mol. The molecular weight excluding hydrogens is 279 g/mol. The third-order valence-electron chi connectivity index (χ3n) is 3.25. The van der Waals surface area contributed by atoms with Crippen molar-refractivity contribution in [2.75, 3.05) is 12.4 Å². The van der Waals surface area contributed by atoms with Gasteiger partial charge in [0.05, 0.1) is 18.8 Å². The monoisotopic (exact) mass is 295 g/mol. The van der Waals surface area contributed by atoms with Crippen LogP contribution in [0.1, 0.15) is 24.9 Å². The van der Waals surface area contributed by atoms with Crippen molar-refractivity contribution >= 4 is 5.69 Å². The SMILES string of the molecule is CCC(Nc1cc(F)cc(F)c1F)c1ccc(OC)cc1. The Morgan fingerprint density at radius 2 is 1.76 bits per heavy atom. The van der Waals surface area contributed by atoms with Crippen molar-refractivity contribution in [1.82, 2.24) is 0 Å². The molecule has 0 saturated carbocycles. The van der Waals surface area contributed by atoms with Crippen molar-refractivity contribution in [2.24, 2.45) is 0 Å². The first-order valence-electron chi connectivity index (χ1n) is 6.60. The average Bonchev–Trinajstić information content (AvgIpc) is 2.49. The standard InChI is InChI=1S/C16H16F3NO/c1-3-14(10-4-6-12(21-2)7-5-10)20-15-9-11(17)8-13(18)16(15)19/h4-9,14,20H,3H2,1-2H3. The zero-order valence-electron chi connectivity index (χ0n) is 11.8. The first kappa shape index (κ1) is 15.2. The van der Waals surface area contributed by atoms with E-state index in [1.807, 2.05) is 19.1 Å². The van der Waals surface area contributed by atoms with Crippen LogP contribution in [0, 0.1) is 17.5 Å². The van der Waals surface area contributed by atoms with E-state index in [1.165, 1.54) is 0 Å². The molecule has 1 N–H and O–H groups in total. The molecule has 2 aromatic carbocycles. The van der Waals surface area contributed by atoms with Gasteiger partial charge in [0.2, 0.25) is 0 Å². The molecule has 0 amide bonds. The van der Waals surface area contributed by atoms with Gasteiger partial charge in [0, 0.05) is 12.1 Å². The Labute approximate surface area is 121 Å². The molecule has 112 valence electrons. The van der Waals surface area contributed by atoms with Crippen LogP contribution in [-0.4, -0.2) is 7.11 Å². The van der Waals surface area contributed by atoms with Gasteiger partial charge in [-0.3, -0.25) is 0 Å². The van der Waals surface area contributed by atoms with Crippen LogP contribution in [-0.2, 0) is 0 Å². The Kier molecular flexibility index (Phi) is 4.73. The number of benzene rings is 2. The van der Waals surface area contributed by atoms with Crippen LogP contribution < -0.4 is 10.1 Å². The first-order valence-corrected chi connectivity index (χ1v) is 6.60. The summed E-state index contributed by atoms with van der Waals surface area (Å²) in [4.78, 5) is 0. The van der Waals surface area contributed by atoms with Gasteiger partial charge in [-0.05, 0) is 24.1 Å². The van der Waals surface area contributed by atoms with Gasteiger partial charge in [-0.1, -0.05) is 19.1 Å². The van der Waals surface area contributed by atoms with Gasteiger partial charge in [0.25, 0.3) is 0 Å². The Morgan fingerprint density at radius 3 is 2.33 bits per heavy atom. The van der Waals surface area contributed by atoms with Crippen LogP contribution in [0.3, 0.4) is 0 Å². The molecule has 0 bridgehead atoms. The molecule has 2 rings (SSSR count). The Morgan fingerprint density at radius 1 is 1.10 bits per heavy atom. The number of anilines is 1. The molecular formula is C16H16F3NO. The average molecular weight is 295 g/mol. The van der Waals surface area contributed by atoms with Crippen LogP contribution >= 0.6 is 0 Å². The van der Waals surface area contributed by atoms with Crippen molar-refractivity contribution in [3.63, 3.8) is 0 Å². The minimum atomic E-state index is -1.21. The third-order valence-corrected chi connectivity index (χ3v) is 3.25. The molecule has 0 aliphatic carbocycles. The van der Waals surface area contributed by atoms with Gasteiger partial charge in [-0.2, -0.15) is 0 Å². The fourth-order valence-electron chi connectivity index (χ4n) is 2.11. The maximum atomic E-state index is 13.7. The molecule has 0 fully saturated rings. The van der Waals surface area contributed by atoms with Crippen molar-refractivity contribution in [1.29, 1.82) is 0 Å². The van der Waals surface area contributed by atoms with Crippen LogP contribution in [0.15, 0.2) is 36.4 Å². The van der Waals surface area contributed by atoms with E-state index >= 15 is 0 Å². The molecule has 5 heteroatoms. The van der Waals surface area contributed by atoms with Crippen LogP contribution in [0.25, 0.3) is 0 Å². The van der Waals surface area contributed by atoms with E-state index in [9.17, 15) is 13.2 Å². The fraction of sp³-hybridized carbons (Fsp3) is 0.250. The Bertz CT molecular complexity index is 614. The number of halogens is 3. The Balaban J connectivity index is 2.26. The highest BCUT2D eigenvalue weighted by atomic mass is 19.2. The molecule has 2 aromatic rings. The number of methoxy groups -OCH3 is 1. The van der Waals surface area contributed by atoms with Gasteiger partial charge >= 0.3 is 0 Å². The molecule has 0 aliphatic heterocycles. The minimum absolute atomic E-state index is 0.185. The third kappa shape index (κ3) is 3.48. The van der Waals surface area contributed by atoms with Crippen LogP contribution in [0.5, 0.6) is 5.75 Å². The van der Waals surface area contributed by atoms with Crippen LogP contribution in [0.2, 0.25) is 0 Å². The highest BCUT2D eigenvalue weighted by Gasteiger charge is 2.15. The van der Waals surface area contributed by atoms with E-state index in [0.717, 1.165) is 11.6 Å². The smallest absolute Gasteiger partial charge is 0.182 e. The lowest BCUT2D eigenvalue weighted by atomic mass is 10.0. The molecule has 0 aromatic heterocycles. The molecule has 2 nitrogen and oxygen atoms in total. The van der Waals surface area contributed by atoms with Gasteiger partial charge in [0.1, 0.15) is 11.6 Å². The molecule has 1 unspecified atom stereocenters. The summed E-state index contributed by atoms with van der Waals surface area (Å²) in [5.41, 5.74) is 0.692. The lowest BCUT2D eigenvalue weighted by molar-refractivity contribution is 0.414. The van der Waals surface area contributed by atoms with E-state index in [-0.39, 0.29) is 11.7 Å². The molecule has 21 heavy (non-hydrogen) atoms.